The third-order valence-corrected chi connectivity index (χ3v) is 4.56. The van der Waals surface area contributed by atoms with E-state index in [0.717, 1.165) is 36.8 Å². The van der Waals surface area contributed by atoms with Gasteiger partial charge in [0, 0.05) is 27.1 Å². The Hall–Kier alpha value is -2.20. The van der Waals surface area contributed by atoms with Gasteiger partial charge >= 0.3 is 0 Å². The van der Waals surface area contributed by atoms with Crippen molar-refractivity contribution in [1.82, 2.24) is 4.98 Å². The molecule has 20 heavy (non-hydrogen) atoms. The monoisotopic (exact) mass is 283 g/mol. The fourth-order valence-corrected chi connectivity index (χ4v) is 3.66. The molecule has 2 aromatic carbocycles. The first-order valence-electron chi connectivity index (χ1n) is 6.21. The number of benzene rings is 2. The Kier molecular flexibility index (Phi) is 2.41. The maximum absolute atomic E-state index is 13.4. The Morgan fingerprint density at radius 3 is 2.80 bits per heavy atom. The van der Waals surface area contributed by atoms with E-state index in [1.807, 2.05) is 30.5 Å². The molecular formula is C16H10FNOS. The van der Waals surface area contributed by atoms with Gasteiger partial charge in [0.25, 0.3) is 0 Å². The Labute approximate surface area is 118 Å². The van der Waals surface area contributed by atoms with Crippen molar-refractivity contribution in [2.24, 2.45) is 0 Å². The van der Waals surface area contributed by atoms with Crippen LogP contribution in [0.3, 0.4) is 0 Å². The van der Waals surface area contributed by atoms with Crippen LogP contribution in [0.25, 0.3) is 31.1 Å². The van der Waals surface area contributed by atoms with Crippen LogP contribution >= 0.6 is 11.3 Å². The van der Waals surface area contributed by atoms with Gasteiger partial charge in [-0.2, -0.15) is 0 Å². The number of hydrogen-bond acceptors (Lipinski definition) is 3. The predicted molar refractivity (Wildman–Crippen MR) is 81.1 cm³/mol. The van der Waals surface area contributed by atoms with E-state index in [9.17, 15) is 4.39 Å². The Balaban J connectivity index is 2.24. The lowest BCUT2D eigenvalue weighted by atomic mass is 10.1. The number of thiophene rings is 1. The molecule has 4 rings (SSSR count). The number of fused-ring (bicyclic) bond motifs is 5. The second kappa shape index (κ2) is 4.15. The van der Waals surface area contributed by atoms with Crippen LogP contribution in [-0.2, 0) is 0 Å². The van der Waals surface area contributed by atoms with Crippen molar-refractivity contribution < 1.29 is 9.13 Å². The van der Waals surface area contributed by atoms with Gasteiger partial charge in [-0.25, -0.2) is 4.39 Å². The highest BCUT2D eigenvalue weighted by atomic mass is 32.1. The lowest BCUT2D eigenvalue weighted by Crippen LogP contribution is -1.84. The molecular weight excluding hydrogens is 273 g/mol. The summed E-state index contributed by atoms with van der Waals surface area (Å²) in [5.41, 5.74) is 0.919. The highest BCUT2D eigenvalue weighted by molar-refractivity contribution is 7.26. The molecule has 0 aliphatic heterocycles. The summed E-state index contributed by atoms with van der Waals surface area (Å²) in [6.07, 6.45) is 1.85. The van der Waals surface area contributed by atoms with E-state index in [0.29, 0.717) is 0 Å². The van der Waals surface area contributed by atoms with Gasteiger partial charge in [0.2, 0.25) is 0 Å². The van der Waals surface area contributed by atoms with Crippen LogP contribution in [0.1, 0.15) is 0 Å². The number of hydrogen-bond donors (Lipinski definition) is 0. The molecule has 0 unspecified atom stereocenters. The van der Waals surface area contributed by atoms with Crippen molar-refractivity contribution in [2.75, 3.05) is 7.11 Å². The first-order chi connectivity index (χ1) is 9.76. The third kappa shape index (κ3) is 1.58. The van der Waals surface area contributed by atoms with Crippen molar-refractivity contribution in [3.63, 3.8) is 0 Å². The van der Waals surface area contributed by atoms with Crippen LogP contribution in [0.4, 0.5) is 4.39 Å². The molecule has 98 valence electrons. The molecule has 2 heterocycles. The van der Waals surface area contributed by atoms with Crippen LogP contribution in [-0.4, -0.2) is 12.1 Å². The van der Waals surface area contributed by atoms with Crippen LogP contribution in [0, 0.1) is 5.82 Å². The van der Waals surface area contributed by atoms with Crippen LogP contribution < -0.4 is 4.74 Å². The second-order valence-corrected chi connectivity index (χ2v) is 5.71. The topological polar surface area (TPSA) is 22.1 Å². The SMILES string of the molecule is COc1ccc2ncc3sc4cc(F)ccc4c3c2c1. The molecule has 0 atom stereocenters. The summed E-state index contributed by atoms with van der Waals surface area (Å²) in [5.74, 6) is 0.590. The lowest BCUT2D eigenvalue weighted by Gasteiger charge is -2.03. The maximum atomic E-state index is 13.4. The summed E-state index contributed by atoms with van der Waals surface area (Å²) in [6.45, 7) is 0. The molecule has 0 spiro atoms. The first kappa shape index (κ1) is 11.6. The fourth-order valence-electron chi connectivity index (χ4n) is 2.54. The normalized spacial score (nSPS) is 11.5. The summed E-state index contributed by atoms with van der Waals surface area (Å²) < 4.78 is 20.7. The molecule has 0 saturated heterocycles. The van der Waals surface area contributed by atoms with E-state index in [4.69, 9.17) is 4.74 Å². The zero-order chi connectivity index (χ0) is 13.7. The molecule has 0 radical (unpaired) electrons. The molecule has 0 bridgehead atoms. The maximum Gasteiger partial charge on any atom is 0.124 e. The number of pyridine rings is 1. The van der Waals surface area contributed by atoms with E-state index in [2.05, 4.69) is 4.98 Å². The molecule has 0 aliphatic rings. The molecule has 0 N–H and O–H groups in total. The first-order valence-corrected chi connectivity index (χ1v) is 7.02. The number of rotatable bonds is 1. The van der Waals surface area contributed by atoms with E-state index >= 15 is 0 Å². The lowest BCUT2D eigenvalue weighted by molar-refractivity contribution is 0.415. The molecule has 0 fully saturated rings. The predicted octanol–water partition coefficient (Wildman–Crippen LogP) is 4.75. The van der Waals surface area contributed by atoms with Crippen molar-refractivity contribution in [3.8, 4) is 5.75 Å². The van der Waals surface area contributed by atoms with E-state index in [-0.39, 0.29) is 5.82 Å². The van der Waals surface area contributed by atoms with E-state index < -0.39 is 0 Å². The Morgan fingerprint density at radius 1 is 1.05 bits per heavy atom. The van der Waals surface area contributed by atoms with Gasteiger partial charge < -0.3 is 4.74 Å². The number of methoxy groups -OCH3 is 1. The van der Waals surface area contributed by atoms with Gasteiger partial charge in [0.05, 0.1) is 17.3 Å². The summed E-state index contributed by atoms with van der Waals surface area (Å²) >= 11 is 1.56. The number of aromatic nitrogens is 1. The molecule has 0 saturated carbocycles. The molecule has 0 amide bonds. The van der Waals surface area contributed by atoms with Gasteiger partial charge in [0.1, 0.15) is 11.6 Å². The largest absolute Gasteiger partial charge is 0.497 e. The molecule has 4 heteroatoms. The number of halogens is 1. The molecule has 2 aromatic heterocycles. The molecule has 0 aliphatic carbocycles. The van der Waals surface area contributed by atoms with Crippen molar-refractivity contribution >= 4 is 42.4 Å². The average molecular weight is 283 g/mol. The number of ether oxygens (including phenoxy) is 1. The fraction of sp³-hybridized carbons (Fsp3) is 0.0625. The highest BCUT2D eigenvalue weighted by Crippen LogP contribution is 2.38. The molecule has 2 nitrogen and oxygen atoms in total. The van der Waals surface area contributed by atoms with Crippen molar-refractivity contribution in [2.45, 2.75) is 0 Å². The minimum absolute atomic E-state index is 0.209. The van der Waals surface area contributed by atoms with Gasteiger partial charge in [-0.15, -0.1) is 11.3 Å². The number of nitrogens with zero attached hydrogens (tertiary/aromatic N) is 1. The van der Waals surface area contributed by atoms with Crippen molar-refractivity contribution in [3.05, 3.63) is 48.4 Å². The van der Waals surface area contributed by atoms with Crippen molar-refractivity contribution in [1.29, 1.82) is 0 Å². The smallest absolute Gasteiger partial charge is 0.124 e. The van der Waals surface area contributed by atoms with Crippen LogP contribution in [0.15, 0.2) is 42.6 Å². The zero-order valence-corrected chi connectivity index (χ0v) is 11.5. The van der Waals surface area contributed by atoms with Gasteiger partial charge in [0.15, 0.2) is 0 Å². The van der Waals surface area contributed by atoms with Gasteiger partial charge in [-0.1, -0.05) is 0 Å². The van der Waals surface area contributed by atoms with Gasteiger partial charge in [-0.05, 0) is 36.4 Å². The van der Waals surface area contributed by atoms with E-state index in [1.54, 1.807) is 24.5 Å². The molecule has 4 aromatic rings. The third-order valence-electron chi connectivity index (χ3n) is 3.47. The summed E-state index contributed by atoms with van der Waals surface area (Å²) in [7, 11) is 1.65. The van der Waals surface area contributed by atoms with Crippen LogP contribution in [0.5, 0.6) is 5.75 Å². The summed E-state index contributed by atoms with van der Waals surface area (Å²) in [5, 5.41) is 3.22. The van der Waals surface area contributed by atoms with E-state index in [1.165, 1.54) is 6.07 Å². The zero-order valence-electron chi connectivity index (χ0n) is 10.7. The standard InChI is InChI=1S/C16H10FNOS/c1-19-10-3-5-13-12(7-10)16-11-4-2-9(17)6-14(11)20-15(16)8-18-13/h2-8H,1H3. The minimum Gasteiger partial charge on any atom is -0.497 e. The summed E-state index contributed by atoms with van der Waals surface area (Å²) in [4.78, 5) is 4.46. The minimum atomic E-state index is -0.209. The average Bonchev–Trinajstić information content (AvgIpc) is 2.84. The van der Waals surface area contributed by atoms with Crippen LogP contribution in [0.2, 0.25) is 0 Å². The second-order valence-electron chi connectivity index (χ2n) is 4.62. The summed E-state index contributed by atoms with van der Waals surface area (Å²) in [6, 6.07) is 10.7. The highest BCUT2D eigenvalue weighted by Gasteiger charge is 2.11. The Morgan fingerprint density at radius 2 is 1.95 bits per heavy atom. The quantitative estimate of drug-likeness (QED) is 0.503. The van der Waals surface area contributed by atoms with Gasteiger partial charge in [-0.3, -0.25) is 4.98 Å². The Bertz CT molecular complexity index is 961.